The fourth-order valence-electron chi connectivity index (χ4n) is 0.707. The number of nitrogens with zero attached hydrogens (tertiary/aromatic N) is 1. The molecular weight excluding hydrogens is 152 g/mol. The van der Waals surface area contributed by atoms with Crippen LogP contribution in [0.5, 0.6) is 5.88 Å². The Balaban J connectivity index is 2.47. The van der Waals surface area contributed by atoms with E-state index in [9.17, 15) is 0 Å². The van der Waals surface area contributed by atoms with E-state index in [1.807, 2.05) is 19.1 Å². The standard InChI is InChI=1S/C9H12N2O/c1-2-3-6-12-9-5-4-8(10)7-11-9/h2-5,7H,6,10H2,1H3/b3-2+. The highest BCUT2D eigenvalue weighted by Crippen LogP contribution is 2.07. The Hall–Kier alpha value is -1.51. The zero-order chi connectivity index (χ0) is 8.81. The van der Waals surface area contributed by atoms with Gasteiger partial charge in [0.05, 0.1) is 11.9 Å². The van der Waals surface area contributed by atoms with Gasteiger partial charge in [-0.1, -0.05) is 12.2 Å². The molecule has 1 aromatic rings. The second kappa shape index (κ2) is 4.38. The maximum atomic E-state index is 5.45. The number of ether oxygens (including phenoxy) is 1. The van der Waals surface area contributed by atoms with Crippen LogP contribution >= 0.6 is 0 Å². The number of aromatic nitrogens is 1. The first-order chi connectivity index (χ1) is 5.83. The number of anilines is 1. The third-order valence-corrected chi connectivity index (χ3v) is 1.32. The molecule has 0 fully saturated rings. The van der Waals surface area contributed by atoms with E-state index in [1.165, 1.54) is 0 Å². The number of allylic oxidation sites excluding steroid dienone is 1. The lowest BCUT2D eigenvalue weighted by atomic mass is 10.4. The molecule has 1 aromatic heterocycles. The van der Waals surface area contributed by atoms with Crippen molar-refractivity contribution in [1.82, 2.24) is 4.98 Å². The summed E-state index contributed by atoms with van der Waals surface area (Å²) in [4.78, 5) is 3.97. The van der Waals surface area contributed by atoms with Gasteiger partial charge in [0.15, 0.2) is 0 Å². The number of hydrogen-bond acceptors (Lipinski definition) is 3. The van der Waals surface area contributed by atoms with Crippen molar-refractivity contribution in [3.05, 3.63) is 30.5 Å². The van der Waals surface area contributed by atoms with Gasteiger partial charge in [-0.2, -0.15) is 0 Å². The fourth-order valence-corrected chi connectivity index (χ4v) is 0.707. The van der Waals surface area contributed by atoms with Crippen LogP contribution in [0, 0.1) is 0 Å². The molecule has 0 aromatic carbocycles. The SMILES string of the molecule is C/C=C/COc1ccc(N)cn1. The van der Waals surface area contributed by atoms with Crippen LogP contribution in [0.2, 0.25) is 0 Å². The van der Waals surface area contributed by atoms with E-state index >= 15 is 0 Å². The number of nitrogen functional groups attached to an aromatic ring is 1. The molecule has 0 saturated carbocycles. The molecule has 0 bridgehead atoms. The van der Waals surface area contributed by atoms with Crippen molar-refractivity contribution in [2.24, 2.45) is 0 Å². The molecule has 0 aliphatic carbocycles. The quantitative estimate of drug-likeness (QED) is 0.690. The molecule has 0 spiro atoms. The highest BCUT2D eigenvalue weighted by molar-refractivity contribution is 5.35. The van der Waals surface area contributed by atoms with E-state index in [-0.39, 0.29) is 0 Å². The van der Waals surface area contributed by atoms with Gasteiger partial charge in [-0.25, -0.2) is 4.98 Å². The third kappa shape index (κ3) is 2.62. The van der Waals surface area contributed by atoms with Crippen LogP contribution in [0.1, 0.15) is 6.92 Å². The van der Waals surface area contributed by atoms with Crippen LogP contribution in [0.25, 0.3) is 0 Å². The summed E-state index contributed by atoms with van der Waals surface area (Å²) in [5, 5.41) is 0. The molecule has 3 nitrogen and oxygen atoms in total. The van der Waals surface area contributed by atoms with E-state index in [0.29, 0.717) is 18.2 Å². The molecule has 1 rings (SSSR count). The minimum Gasteiger partial charge on any atom is -0.473 e. The van der Waals surface area contributed by atoms with Crippen LogP contribution in [-0.4, -0.2) is 11.6 Å². The zero-order valence-corrected chi connectivity index (χ0v) is 7.03. The molecule has 3 heteroatoms. The van der Waals surface area contributed by atoms with Gasteiger partial charge in [0, 0.05) is 6.07 Å². The third-order valence-electron chi connectivity index (χ3n) is 1.32. The summed E-state index contributed by atoms with van der Waals surface area (Å²) >= 11 is 0. The summed E-state index contributed by atoms with van der Waals surface area (Å²) in [6, 6.07) is 3.51. The molecule has 0 radical (unpaired) electrons. The molecule has 1 heterocycles. The Labute approximate surface area is 71.9 Å². The van der Waals surface area contributed by atoms with E-state index in [1.54, 1.807) is 18.3 Å². The summed E-state index contributed by atoms with van der Waals surface area (Å²) < 4.78 is 5.25. The van der Waals surface area contributed by atoms with Crippen LogP contribution in [0.15, 0.2) is 30.5 Å². The van der Waals surface area contributed by atoms with Gasteiger partial charge >= 0.3 is 0 Å². The molecule has 0 aliphatic rings. The van der Waals surface area contributed by atoms with Crippen molar-refractivity contribution in [2.75, 3.05) is 12.3 Å². The van der Waals surface area contributed by atoms with Crippen molar-refractivity contribution in [2.45, 2.75) is 6.92 Å². The number of rotatable bonds is 3. The minimum atomic E-state index is 0.549. The predicted molar refractivity (Wildman–Crippen MR) is 49.0 cm³/mol. The van der Waals surface area contributed by atoms with Crippen molar-refractivity contribution < 1.29 is 4.74 Å². The lowest BCUT2D eigenvalue weighted by molar-refractivity contribution is 0.348. The van der Waals surface area contributed by atoms with Crippen molar-refractivity contribution >= 4 is 5.69 Å². The summed E-state index contributed by atoms with van der Waals surface area (Å²) in [5.41, 5.74) is 6.10. The Morgan fingerprint density at radius 3 is 3.00 bits per heavy atom. The molecule has 0 atom stereocenters. The van der Waals surface area contributed by atoms with Gasteiger partial charge in [-0.15, -0.1) is 0 Å². The summed E-state index contributed by atoms with van der Waals surface area (Å²) in [6.07, 6.45) is 5.42. The molecule has 0 unspecified atom stereocenters. The molecule has 0 amide bonds. The Bertz CT molecular complexity index is 254. The summed E-state index contributed by atoms with van der Waals surface area (Å²) in [6.45, 7) is 2.49. The zero-order valence-electron chi connectivity index (χ0n) is 7.03. The maximum Gasteiger partial charge on any atom is 0.213 e. The Morgan fingerprint density at radius 2 is 2.42 bits per heavy atom. The highest BCUT2D eigenvalue weighted by Gasteiger charge is 1.91. The first-order valence-electron chi connectivity index (χ1n) is 3.78. The topological polar surface area (TPSA) is 48.1 Å². The number of nitrogens with two attached hydrogens (primary N) is 1. The molecular formula is C9H12N2O. The first-order valence-corrected chi connectivity index (χ1v) is 3.78. The number of pyridine rings is 1. The van der Waals surface area contributed by atoms with E-state index in [2.05, 4.69) is 4.98 Å². The summed E-state index contributed by atoms with van der Waals surface area (Å²) in [7, 11) is 0. The normalized spacial score (nSPS) is 10.4. The molecule has 0 aliphatic heterocycles. The molecule has 2 N–H and O–H groups in total. The van der Waals surface area contributed by atoms with Crippen LogP contribution in [0.3, 0.4) is 0 Å². The Morgan fingerprint density at radius 1 is 1.58 bits per heavy atom. The largest absolute Gasteiger partial charge is 0.473 e. The van der Waals surface area contributed by atoms with E-state index in [0.717, 1.165) is 0 Å². The highest BCUT2D eigenvalue weighted by atomic mass is 16.5. The second-order valence-corrected chi connectivity index (χ2v) is 2.31. The smallest absolute Gasteiger partial charge is 0.213 e. The first kappa shape index (κ1) is 8.59. The fraction of sp³-hybridized carbons (Fsp3) is 0.222. The van der Waals surface area contributed by atoms with Gasteiger partial charge in [0.1, 0.15) is 6.61 Å². The van der Waals surface area contributed by atoms with Gasteiger partial charge in [-0.3, -0.25) is 0 Å². The monoisotopic (exact) mass is 164 g/mol. The lowest BCUT2D eigenvalue weighted by Gasteiger charge is -2.00. The van der Waals surface area contributed by atoms with Gasteiger partial charge in [0.2, 0.25) is 5.88 Å². The van der Waals surface area contributed by atoms with Gasteiger partial charge in [0.25, 0.3) is 0 Å². The lowest BCUT2D eigenvalue weighted by Crippen LogP contribution is -1.95. The van der Waals surface area contributed by atoms with Crippen LogP contribution in [-0.2, 0) is 0 Å². The number of hydrogen-bond donors (Lipinski definition) is 1. The second-order valence-electron chi connectivity index (χ2n) is 2.31. The maximum absolute atomic E-state index is 5.45. The Kier molecular flexibility index (Phi) is 3.14. The molecule has 64 valence electrons. The predicted octanol–water partition coefficient (Wildman–Crippen LogP) is 1.62. The average Bonchev–Trinajstić information content (AvgIpc) is 2.09. The average molecular weight is 164 g/mol. The summed E-state index contributed by atoms with van der Waals surface area (Å²) in [5.74, 6) is 0.599. The van der Waals surface area contributed by atoms with E-state index in [4.69, 9.17) is 10.5 Å². The van der Waals surface area contributed by atoms with E-state index < -0.39 is 0 Å². The van der Waals surface area contributed by atoms with Crippen molar-refractivity contribution in [1.29, 1.82) is 0 Å². The van der Waals surface area contributed by atoms with Gasteiger partial charge in [-0.05, 0) is 13.0 Å². The van der Waals surface area contributed by atoms with Crippen molar-refractivity contribution in [3.63, 3.8) is 0 Å². The van der Waals surface area contributed by atoms with Gasteiger partial charge < -0.3 is 10.5 Å². The molecule has 12 heavy (non-hydrogen) atoms. The van der Waals surface area contributed by atoms with Crippen LogP contribution in [0.4, 0.5) is 5.69 Å². The van der Waals surface area contributed by atoms with Crippen LogP contribution < -0.4 is 10.5 Å². The van der Waals surface area contributed by atoms with Crippen molar-refractivity contribution in [3.8, 4) is 5.88 Å². The minimum absolute atomic E-state index is 0.549. The molecule has 0 saturated heterocycles.